The summed E-state index contributed by atoms with van der Waals surface area (Å²) in [5.41, 5.74) is 2.28. The third kappa shape index (κ3) is 5.05. The van der Waals surface area contributed by atoms with Crippen molar-refractivity contribution in [3.63, 3.8) is 0 Å². The summed E-state index contributed by atoms with van der Waals surface area (Å²) in [7, 11) is 1.70. The highest BCUT2D eigenvalue weighted by Gasteiger charge is 2.22. The molecule has 138 valence electrons. The minimum absolute atomic E-state index is 0.592. The average molecular weight is 388 g/mol. The van der Waals surface area contributed by atoms with Gasteiger partial charge in [0.05, 0.1) is 7.11 Å². The molecule has 1 saturated heterocycles. The molecule has 3 rings (SSSR count). The first-order valence-electron chi connectivity index (χ1n) is 8.76. The second kappa shape index (κ2) is 9.14. The van der Waals surface area contributed by atoms with Crippen molar-refractivity contribution in [3.8, 4) is 5.75 Å². The molecule has 1 heterocycles. The first-order chi connectivity index (χ1) is 12.7. The van der Waals surface area contributed by atoms with Crippen molar-refractivity contribution >= 4 is 40.5 Å². The van der Waals surface area contributed by atoms with Gasteiger partial charge in [-0.2, -0.15) is 0 Å². The number of nitrogens with one attached hydrogen (secondary N) is 2. The third-order valence-electron chi connectivity index (χ3n) is 4.60. The summed E-state index contributed by atoms with van der Waals surface area (Å²) < 4.78 is 5.23. The molecule has 2 aromatic carbocycles. The number of nitrogens with zero attached hydrogens (tertiary/aromatic N) is 1. The second-order valence-electron chi connectivity index (χ2n) is 6.37. The van der Waals surface area contributed by atoms with E-state index in [1.807, 2.05) is 24.3 Å². The average Bonchev–Trinajstić information content (AvgIpc) is 3.15. The van der Waals surface area contributed by atoms with Crippen molar-refractivity contribution in [2.45, 2.75) is 11.3 Å². The van der Waals surface area contributed by atoms with Gasteiger partial charge in [0.1, 0.15) is 5.75 Å². The Morgan fingerprint density at radius 1 is 1.27 bits per heavy atom. The molecule has 1 fully saturated rings. The zero-order chi connectivity index (χ0) is 18.4. The lowest BCUT2D eigenvalue weighted by Gasteiger charge is -2.19. The van der Waals surface area contributed by atoms with Crippen molar-refractivity contribution in [1.29, 1.82) is 0 Å². The maximum absolute atomic E-state index is 5.44. The van der Waals surface area contributed by atoms with E-state index in [1.54, 1.807) is 18.9 Å². The SMILES string of the molecule is COc1ccc(N2CCC(CNC(=S)Nc3cccc(SC)c3)C2)cc1. The fraction of sp³-hybridized carbons (Fsp3) is 0.350. The van der Waals surface area contributed by atoms with E-state index >= 15 is 0 Å². The van der Waals surface area contributed by atoms with Gasteiger partial charge in [0, 0.05) is 35.9 Å². The van der Waals surface area contributed by atoms with E-state index in [4.69, 9.17) is 17.0 Å². The number of hydrogen-bond acceptors (Lipinski definition) is 4. The Morgan fingerprint density at radius 3 is 2.81 bits per heavy atom. The van der Waals surface area contributed by atoms with Crippen LogP contribution in [0.15, 0.2) is 53.4 Å². The second-order valence-corrected chi connectivity index (χ2v) is 7.65. The van der Waals surface area contributed by atoms with Gasteiger partial charge < -0.3 is 20.3 Å². The van der Waals surface area contributed by atoms with Crippen molar-refractivity contribution in [1.82, 2.24) is 5.32 Å². The van der Waals surface area contributed by atoms with Crippen LogP contribution in [0.1, 0.15) is 6.42 Å². The van der Waals surface area contributed by atoms with Crippen LogP contribution in [0.4, 0.5) is 11.4 Å². The van der Waals surface area contributed by atoms with Gasteiger partial charge in [-0.3, -0.25) is 0 Å². The Hall–Kier alpha value is -1.92. The lowest BCUT2D eigenvalue weighted by atomic mass is 10.1. The van der Waals surface area contributed by atoms with Crippen LogP contribution in [-0.2, 0) is 0 Å². The molecule has 0 radical (unpaired) electrons. The number of ether oxygens (including phenoxy) is 1. The van der Waals surface area contributed by atoms with Crippen molar-refractivity contribution in [2.24, 2.45) is 5.92 Å². The molecule has 1 aliphatic heterocycles. The van der Waals surface area contributed by atoms with Crippen LogP contribution >= 0.6 is 24.0 Å². The van der Waals surface area contributed by atoms with Gasteiger partial charge in [0.25, 0.3) is 0 Å². The highest BCUT2D eigenvalue weighted by Crippen LogP contribution is 2.25. The monoisotopic (exact) mass is 387 g/mol. The molecule has 2 aromatic rings. The van der Waals surface area contributed by atoms with E-state index in [-0.39, 0.29) is 0 Å². The van der Waals surface area contributed by atoms with Gasteiger partial charge in [0.2, 0.25) is 0 Å². The molecule has 1 unspecified atom stereocenters. The standard InChI is InChI=1S/C20H25N3OS2/c1-24-18-8-6-17(7-9-18)23-11-10-15(14-23)13-21-20(25)22-16-4-3-5-19(12-16)26-2/h3-9,12,15H,10-11,13-14H2,1-2H3,(H2,21,22,25). The van der Waals surface area contributed by atoms with Gasteiger partial charge in [-0.05, 0) is 73.3 Å². The van der Waals surface area contributed by atoms with Crippen LogP contribution in [0.2, 0.25) is 0 Å². The molecule has 0 aromatic heterocycles. The molecule has 0 spiro atoms. The topological polar surface area (TPSA) is 36.5 Å². The Bertz CT molecular complexity index is 736. The Labute approximate surface area is 165 Å². The molecule has 0 saturated carbocycles. The van der Waals surface area contributed by atoms with E-state index in [1.165, 1.54) is 17.0 Å². The zero-order valence-corrected chi connectivity index (χ0v) is 16.8. The molecule has 0 aliphatic carbocycles. The molecule has 2 N–H and O–H groups in total. The molecule has 0 bridgehead atoms. The third-order valence-corrected chi connectivity index (χ3v) is 5.57. The van der Waals surface area contributed by atoms with Crippen molar-refractivity contribution in [2.75, 3.05) is 43.2 Å². The fourth-order valence-corrected chi connectivity index (χ4v) is 3.80. The first kappa shape index (κ1) is 18.9. The molecule has 26 heavy (non-hydrogen) atoms. The van der Waals surface area contributed by atoms with Gasteiger partial charge in [-0.1, -0.05) is 6.07 Å². The minimum Gasteiger partial charge on any atom is -0.497 e. The van der Waals surface area contributed by atoms with Crippen molar-refractivity contribution < 1.29 is 4.74 Å². The maximum Gasteiger partial charge on any atom is 0.170 e. The molecule has 0 amide bonds. The molecule has 1 aliphatic rings. The fourth-order valence-electron chi connectivity index (χ4n) is 3.14. The van der Waals surface area contributed by atoms with E-state index in [0.29, 0.717) is 11.0 Å². The molecule has 6 heteroatoms. The first-order valence-corrected chi connectivity index (χ1v) is 10.4. The molecule has 1 atom stereocenters. The largest absolute Gasteiger partial charge is 0.497 e. The Kier molecular flexibility index (Phi) is 6.63. The number of thiocarbonyl (C=S) groups is 1. The lowest BCUT2D eigenvalue weighted by Crippen LogP contribution is -2.34. The number of anilines is 2. The highest BCUT2D eigenvalue weighted by molar-refractivity contribution is 7.98. The van der Waals surface area contributed by atoms with Crippen molar-refractivity contribution in [3.05, 3.63) is 48.5 Å². The van der Waals surface area contributed by atoms with E-state index in [0.717, 1.165) is 31.1 Å². The van der Waals surface area contributed by atoms with Gasteiger partial charge in [-0.25, -0.2) is 0 Å². The van der Waals surface area contributed by atoms with Crippen LogP contribution in [0.25, 0.3) is 0 Å². The minimum atomic E-state index is 0.592. The van der Waals surface area contributed by atoms with Crippen LogP contribution in [-0.4, -0.2) is 38.1 Å². The normalized spacial score (nSPS) is 16.4. The van der Waals surface area contributed by atoms with Gasteiger partial charge in [0.15, 0.2) is 5.11 Å². The number of hydrogen-bond donors (Lipinski definition) is 2. The van der Waals surface area contributed by atoms with Gasteiger partial charge >= 0.3 is 0 Å². The van der Waals surface area contributed by atoms with E-state index in [2.05, 4.69) is 46.1 Å². The summed E-state index contributed by atoms with van der Waals surface area (Å²) in [6.07, 6.45) is 3.24. The summed E-state index contributed by atoms with van der Waals surface area (Å²) in [6.45, 7) is 3.01. The van der Waals surface area contributed by atoms with E-state index < -0.39 is 0 Å². The summed E-state index contributed by atoms with van der Waals surface area (Å²) >= 11 is 7.17. The number of benzene rings is 2. The summed E-state index contributed by atoms with van der Waals surface area (Å²) in [5, 5.41) is 7.33. The maximum atomic E-state index is 5.44. The summed E-state index contributed by atoms with van der Waals surface area (Å²) in [5.74, 6) is 1.49. The Morgan fingerprint density at radius 2 is 2.08 bits per heavy atom. The van der Waals surface area contributed by atoms with Crippen LogP contribution in [0, 0.1) is 5.92 Å². The predicted molar refractivity (Wildman–Crippen MR) is 116 cm³/mol. The number of methoxy groups -OCH3 is 1. The summed E-state index contributed by atoms with van der Waals surface area (Å²) in [4.78, 5) is 3.65. The lowest BCUT2D eigenvalue weighted by molar-refractivity contribution is 0.415. The summed E-state index contributed by atoms with van der Waals surface area (Å²) in [6, 6.07) is 16.6. The smallest absolute Gasteiger partial charge is 0.170 e. The quantitative estimate of drug-likeness (QED) is 0.571. The number of rotatable bonds is 6. The highest BCUT2D eigenvalue weighted by atomic mass is 32.2. The molecular formula is C20H25N3OS2. The molecular weight excluding hydrogens is 362 g/mol. The van der Waals surface area contributed by atoms with Crippen LogP contribution in [0.3, 0.4) is 0 Å². The zero-order valence-electron chi connectivity index (χ0n) is 15.2. The predicted octanol–water partition coefficient (Wildman–Crippen LogP) is 4.23. The van der Waals surface area contributed by atoms with Crippen LogP contribution in [0.5, 0.6) is 5.75 Å². The molecule has 4 nitrogen and oxygen atoms in total. The Balaban J connectivity index is 1.45. The number of thioether (sulfide) groups is 1. The van der Waals surface area contributed by atoms with Crippen LogP contribution < -0.4 is 20.3 Å². The van der Waals surface area contributed by atoms with E-state index in [9.17, 15) is 0 Å². The van der Waals surface area contributed by atoms with Gasteiger partial charge in [-0.15, -0.1) is 11.8 Å².